The highest BCUT2D eigenvalue weighted by Crippen LogP contribution is 2.32. The Kier molecular flexibility index (Phi) is 4.00. The van der Waals surface area contributed by atoms with Crippen LogP contribution in [0, 0.1) is 0 Å². The van der Waals surface area contributed by atoms with Crippen molar-refractivity contribution in [1.82, 2.24) is 14.5 Å². The van der Waals surface area contributed by atoms with E-state index in [0.717, 1.165) is 25.1 Å². The van der Waals surface area contributed by atoms with Gasteiger partial charge in [-0.15, -0.1) is 0 Å². The number of nitrogens with one attached hydrogen (secondary N) is 1. The van der Waals surface area contributed by atoms with Gasteiger partial charge in [0.2, 0.25) is 5.88 Å². The number of hydrogen-bond donors (Lipinski definition) is 1. The molecule has 1 aliphatic rings. The highest BCUT2D eigenvalue weighted by molar-refractivity contribution is 5.91. The quantitative estimate of drug-likeness (QED) is 0.948. The highest BCUT2D eigenvalue weighted by Gasteiger charge is 2.31. The molecule has 116 valence electrons. The molecule has 0 spiro atoms. The summed E-state index contributed by atoms with van der Waals surface area (Å²) >= 11 is 0. The molecular weight excluding hydrogens is 280 g/mol. The van der Waals surface area contributed by atoms with Crippen LogP contribution in [0.25, 0.3) is 0 Å². The van der Waals surface area contributed by atoms with Gasteiger partial charge in [-0.05, 0) is 37.1 Å². The number of carbonyl (C=O) groups excluding carboxylic acids is 1. The second-order valence-electron chi connectivity index (χ2n) is 5.39. The van der Waals surface area contributed by atoms with Crippen molar-refractivity contribution in [2.75, 3.05) is 19.0 Å². The maximum Gasteiger partial charge on any atom is 0.322 e. The Morgan fingerprint density at radius 1 is 1.41 bits per heavy atom. The van der Waals surface area contributed by atoms with Gasteiger partial charge < -0.3 is 19.5 Å². The molecule has 0 bridgehead atoms. The van der Waals surface area contributed by atoms with Gasteiger partial charge in [0.15, 0.2) is 0 Å². The van der Waals surface area contributed by atoms with Gasteiger partial charge in [0.05, 0.1) is 13.2 Å². The Labute approximate surface area is 129 Å². The minimum absolute atomic E-state index is 0.114. The molecule has 0 radical (unpaired) electrons. The third kappa shape index (κ3) is 2.64. The van der Waals surface area contributed by atoms with Crippen molar-refractivity contribution >= 4 is 11.7 Å². The molecule has 1 aliphatic heterocycles. The number of amides is 2. The molecule has 1 atom stereocenters. The predicted molar refractivity (Wildman–Crippen MR) is 83.9 cm³/mol. The molecule has 1 saturated heterocycles. The van der Waals surface area contributed by atoms with Gasteiger partial charge in [0, 0.05) is 31.7 Å². The van der Waals surface area contributed by atoms with Crippen LogP contribution >= 0.6 is 0 Å². The van der Waals surface area contributed by atoms with E-state index in [1.807, 2.05) is 24.2 Å². The SMILES string of the molecule is COc1ncccc1NC(=O)N1CCC[C@@H]1c1cccn1C. The minimum Gasteiger partial charge on any atom is -0.480 e. The fraction of sp³-hybridized carbons (Fsp3) is 0.375. The molecule has 6 heteroatoms. The van der Waals surface area contributed by atoms with Crippen molar-refractivity contribution in [3.8, 4) is 5.88 Å². The molecule has 1 N–H and O–H groups in total. The highest BCUT2D eigenvalue weighted by atomic mass is 16.5. The van der Waals surface area contributed by atoms with E-state index in [-0.39, 0.29) is 12.1 Å². The zero-order chi connectivity index (χ0) is 15.5. The summed E-state index contributed by atoms with van der Waals surface area (Å²) < 4.78 is 7.25. The minimum atomic E-state index is -0.116. The van der Waals surface area contributed by atoms with Crippen LogP contribution in [0.15, 0.2) is 36.7 Å². The first-order chi connectivity index (χ1) is 10.7. The molecule has 3 heterocycles. The van der Waals surface area contributed by atoms with Crippen LogP contribution in [0.2, 0.25) is 0 Å². The predicted octanol–water partition coefficient (Wildman–Crippen LogP) is 2.80. The summed E-state index contributed by atoms with van der Waals surface area (Å²) in [5, 5.41) is 2.91. The lowest BCUT2D eigenvalue weighted by Crippen LogP contribution is -2.35. The van der Waals surface area contributed by atoms with Gasteiger partial charge in [0.25, 0.3) is 0 Å². The first-order valence-corrected chi connectivity index (χ1v) is 7.38. The summed E-state index contributed by atoms with van der Waals surface area (Å²) in [6, 6.07) is 7.64. The summed E-state index contributed by atoms with van der Waals surface area (Å²) in [5.74, 6) is 0.422. The Morgan fingerprint density at radius 2 is 2.27 bits per heavy atom. The van der Waals surface area contributed by atoms with E-state index in [1.54, 1.807) is 25.4 Å². The van der Waals surface area contributed by atoms with Gasteiger partial charge in [0.1, 0.15) is 5.69 Å². The lowest BCUT2D eigenvalue weighted by molar-refractivity contribution is 0.205. The third-order valence-electron chi connectivity index (χ3n) is 4.05. The van der Waals surface area contributed by atoms with Crippen molar-refractivity contribution in [1.29, 1.82) is 0 Å². The van der Waals surface area contributed by atoms with E-state index in [0.29, 0.717) is 11.6 Å². The number of methoxy groups -OCH3 is 1. The number of aromatic nitrogens is 2. The molecule has 3 rings (SSSR count). The summed E-state index contributed by atoms with van der Waals surface area (Å²) in [6.07, 6.45) is 5.63. The van der Waals surface area contributed by atoms with Crippen molar-refractivity contribution in [3.63, 3.8) is 0 Å². The van der Waals surface area contributed by atoms with Gasteiger partial charge in [-0.3, -0.25) is 0 Å². The molecule has 2 amide bonds. The lowest BCUT2D eigenvalue weighted by Gasteiger charge is -2.25. The first-order valence-electron chi connectivity index (χ1n) is 7.38. The maximum absolute atomic E-state index is 12.6. The number of carbonyl (C=O) groups is 1. The van der Waals surface area contributed by atoms with E-state index in [9.17, 15) is 4.79 Å². The monoisotopic (exact) mass is 300 g/mol. The van der Waals surface area contributed by atoms with Crippen LogP contribution in [0.3, 0.4) is 0 Å². The average Bonchev–Trinajstić information content (AvgIpc) is 3.16. The molecule has 0 aromatic carbocycles. The second kappa shape index (κ2) is 6.09. The van der Waals surface area contributed by atoms with Crippen molar-refractivity contribution in [2.24, 2.45) is 7.05 Å². The van der Waals surface area contributed by atoms with Crippen LogP contribution in [0.1, 0.15) is 24.6 Å². The molecule has 2 aromatic heterocycles. The Hall–Kier alpha value is -2.50. The number of urea groups is 1. The molecule has 2 aromatic rings. The smallest absolute Gasteiger partial charge is 0.322 e. The van der Waals surface area contributed by atoms with Gasteiger partial charge in [-0.1, -0.05) is 0 Å². The number of likely N-dealkylation sites (tertiary alicyclic amines) is 1. The largest absolute Gasteiger partial charge is 0.480 e. The molecule has 6 nitrogen and oxygen atoms in total. The third-order valence-corrected chi connectivity index (χ3v) is 4.05. The summed E-state index contributed by atoms with van der Waals surface area (Å²) in [5.41, 5.74) is 1.75. The van der Waals surface area contributed by atoms with E-state index in [4.69, 9.17) is 4.74 Å². The van der Waals surface area contributed by atoms with Crippen molar-refractivity contribution in [2.45, 2.75) is 18.9 Å². The number of rotatable bonds is 3. The summed E-state index contributed by atoms with van der Waals surface area (Å²) in [4.78, 5) is 18.6. The van der Waals surface area contributed by atoms with E-state index in [1.165, 1.54) is 0 Å². The number of hydrogen-bond acceptors (Lipinski definition) is 3. The van der Waals surface area contributed by atoms with Crippen molar-refractivity contribution in [3.05, 3.63) is 42.4 Å². The topological polar surface area (TPSA) is 59.4 Å². The fourth-order valence-electron chi connectivity index (χ4n) is 2.97. The van der Waals surface area contributed by atoms with Gasteiger partial charge in [-0.25, -0.2) is 9.78 Å². The second-order valence-corrected chi connectivity index (χ2v) is 5.39. The fourth-order valence-corrected chi connectivity index (χ4v) is 2.97. The van der Waals surface area contributed by atoms with E-state index in [2.05, 4.69) is 20.9 Å². The van der Waals surface area contributed by atoms with Crippen LogP contribution < -0.4 is 10.1 Å². The van der Waals surface area contributed by atoms with Crippen LogP contribution in [-0.2, 0) is 7.05 Å². The average molecular weight is 300 g/mol. The molecule has 0 saturated carbocycles. The molecule has 0 aliphatic carbocycles. The number of nitrogens with zero attached hydrogens (tertiary/aromatic N) is 3. The number of aryl methyl sites for hydroxylation is 1. The Bertz CT molecular complexity index is 668. The van der Waals surface area contributed by atoms with Crippen molar-refractivity contribution < 1.29 is 9.53 Å². The van der Waals surface area contributed by atoms with Crippen LogP contribution in [0.5, 0.6) is 5.88 Å². The standard InChI is InChI=1S/C16H20N4O2/c1-19-10-4-7-13(19)14-8-5-11-20(14)16(21)18-12-6-3-9-17-15(12)22-2/h3-4,6-7,9-10,14H,5,8,11H2,1-2H3,(H,18,21)/t14-/m1/s1. The van der Waals surface area contributed by atoms with Crippen LogP contribution in [-0.4, -0.2) is 34.1 Å². The number of pyridine rings is 1. The normalized spacial score (nSPS) is 17.5. The lowest BCUT2D eigenvalue weighted by atomic mass is 10.1. The van der Waals surface area contributed by atoms with Gasteiger partial charge in [-0.2, -0.15) is 0 Å². The zero-order valence-corrected chi connectivity index (χ0v) is 12.8. The van der Waals surface area contributed by atoms with E-state index >= 15 is 0 Å². The summed E-state index contributed by atoms with van der Waals surface area (Å²) in [7, 11) is 3.55. The molecule has 1 fully saturated rings. The molecule has 22 heavy (non-hydrogen) atoms. The molecular formula is C16H20N4O2. The van der Waals surface area contributed by atoms with Crippen LogP contribution in [0.4, 0.5) is 10.5 Å². The van der Waals surface area contributed by atoms with Gasteiger partial charge >= 0.3 is 6.03 Å². The Balaban J connectivity index is 1.78. The number of ether oxygens (including phenoxy) is 1. The molecule has 0 unspecified atom stereocenters. The maximum atomic E-state index is 12.6. The first kappa shape index (κ1) is 14.4. The summed E-state index contributed by atoms with van der Waals surface area (Å²) in [6.45, 7) is 0.754. The van der Waals surface area contributed by atoms with E-state index < -0.39 is 0 Å². The Morgan fingerprint density at radius 3 is 3.00 bits per heavy atom. The number of anilines is 1. The zero-order valence-electron chi connectivity index (χ0n) is 12.8.